The van der Waals surface area contributed by atoms with Crippen LogP contribution < -0.4 is 0 Å². The molecule has 0 unspecified atom stereocenters. The predicted octanol–water partition coefficient (Wildman–Crippen LogP) is 4.63. The van der Waals surface area contributed by atoms with E-state index in [-0.39, 0.29) is 11.4 Å². The number of benzene rings is 2. The van der Waals surface area contributed by atoms with Gasteiger partial charge in [-0.05, 0) is 11.1 Å². The Morgan fingerprint density at radius 1 is 0.789 bits per heavy atom. The van der Waals surface area contributed by atoms with Gasteiger partial charge in [0.15, 0.2) is 0 Å². The summed E-state index contributed by atoms with van der Waals surface area (Å²) < 4.78 is 6.05. The van der Waals surface area contributed by atoms with Gasteiger partial charge in [-0.2, -0.15) is 12.8 Å². The first kappa shape index (κ1) is 13.9. The molecule has 0 saturated carbocycles. The molecule has 0 atom stereocenters. The van der Waals surface area contributed by atoms with Crippen molar-refractivity contribution in [2.75, 3.05) is 0 Å². The highest BCUT2D eigenvalue weighted by atomic mass is 16.4. The van der Waals surface area contributed by atoms with Crippen molar-refractivity contribution in [3.8, 4) is 0 Å². The van der Waals surface area contributed by atoms with Crippen molar-refractivity contribution in [3.05, 3.63) is 71.8 Å². The van der Waals surface area contributed by atoms with E-state index in [0.29, 0.717) is 0 Å². The quantitative estimate of drug-likeness (QED) is 0.720. The molecule has 2 aromatic carbocycles. The van der Waals surface area contributed by atoms with Gasteiger partial charge in [0.2, 0.25) is 0 Å². The molecule has 0 spiro atoms. The summed E-state index contributed by atoms with van der Waals surface area (Å²) in [4.78, 5) is 0. The van der Waals surface area contributed by atoms with E-state index >= 15 is 0 Å². The van der Waals surface area contributed by atoms with Crippen LogP contribution in [-0.2, 0) is 4.65 Å². The summed E-state index contributed by atoms with van der Waals surface area (Å²) in [5, 5.41) is 0.0435. The van der Waals surface area contributed by atoms with E-state index in [1.807, 2.05) is 43.9 Å². The maximum Gasteiger partial charge on any atom is 0.0591 e. The molecule has 0 fully saturated rings. The monoisotopic (exact) mass is 251 g/mol. The minimum atomic E-state index is -0.0402. The van der Waals surface area contributed by atoms with E-state index in [4.69, 9.17) is 4.65 Å². The normalized spacial score (nSPS) is 11.8. The minimum Gasteiger partial charge on any atom is -0.652 e. The average molecular weight is 251 g/mol. The molecule has 0 aromatic heterocycles. The molecule has 2 aromatic rings. The predicted molar refractivity (Wildman–Crippen MR) is 81.3 cm³/mol. The van der Waals surface area contributed by atoms with Crippen LogP contribution in [0.4, 0.5) is 0 Å². The van der Waals surface area contributed by atoms with Crippen LogP contribution in [0.3, 0.4) is 0 Å². The highest BCUT2D eigenvalue weighted by Gasteiger charge is 2.10. The van der Waals surface area contributed by atoms with E-state index in [0.717, 1.165) is 0 Å². The molecule has 1 nitrogen and oxygen atoms in total. The first-order chi connectivity index (χ1) is 9.06. The molecule has 98 valence electrons. The standard InChI is InChI=1S/C17H20BO/c1-17(2,3)18-19-16(14-10-6-4-7-11-14)15-12-8-5-9-13-15/h4-13,16H,1-3H3/q-1. The minimum absolute atomic E-state index is 0.0402. The van der Waals surface area contributed by atoms with Crippen LogP contribution in [0.1, 0.15) is 38.0 Å². The van der Waals surface area contributed by atoms with Crippen LogP contribution in [0.15, 0.2) is 60.7 Å². The van der Waals surface area contributed by atoms with Gasteiger partial charge in [0, 0.05) is 0 Å². The Balaban J connectivity index is 2.24. The Kier molecular flexibility index (Phi) is 4.44. The summed E-state index contributed by atoms with van der Waals surface area (Å²) in [5.74, 6) is 0. The van der Waals surface area contributed by atoms with Crippen LogP contribution in [-0.4, -0.2) is 7.48 Å². The molecule has 2 heteroatoms. The molecule has 2 rings (SSSR count). The zero-order valence-corrected chi connectivity index (χ0v) is 11.8. The third-order valence-corrected chi connectivity index (χ3v) is 2.76. The highest BCUT2D eigenvalue weighted by Crippen LogP contribution is 2.29. The Labute approximate surface area is 116 Å². The number of hydrogen-bond acceptors (Lipinski definition) is 1. The molecule has 0 aliphatic carbocycles. The van der Waals surface area contributed by atoms with Gasteiger partial charge < -0.3 is 4.65 Å². The first-order valence-electron chi connectivity index (χ1n) is 6.66. The topological polar surface area (TPSA) is 9.23 Å². The van der Waals surface area contributed by atoms with Crippen molar-refractivity contribution in [2.24, 2.45) is 0 Å². The van der Waals surface area contributed by atoms with Crippen molar-refractivity contribution in [3.63, 3.8) is 0 Å². The molecule has 0 bridgehead atoms. The molecular weight excluding hydrogens is 231 g/mol. The lowest BCUT2D eigenvalue weighted by atomic mass is 9.68. The summed E-state index contributed by atoms with van der Waals surface area (Å²) >= 11 is 0. The van der Waals surface area contributed by atoms with Gasteiger partial charge in [-0.1, -0.05) is 81.4 Å². The number of hydrogen-bond donors (Lipinski definition) is 0. The van der Waals surface area contributed by atoms with Gasteiger partial charge in [-0.25, -0.2) is 0 Å². The SMILES string of the molecule is CC(C)(C)[B-]OC(c1ccccc1)c1ccccc1. The second-order valence-corrected chi connectivity index (χ2v) is 5.82. The lowest BCUT2D eigenvalue weighted by Gasteiger charge is -2.38. The van der Waals surface area contributed by atoms with Gasteiger partial charge in [-0.15, -0.1) is 0 Å². The summed E-state index contributed by atoms with van der Waals surface area (Å²) in [6.45, 7) is 6.42. The Morgan fingerprint density at radius 3 is 1.58 bits per heavy atom. The van der Waals surface area contributed by atoms with Crippen molar-refractivity contribution >= 4 is 7.48 Å². The van der Waals surface area contributed by atoms with Gasteiger partial charge >= 0.3 is 0 Å². The van der Waals surface area contributed by atoms with E-state index in [9.17, 15) is 0 Å². The second kappa shape index (κ2) is 6.07. The van der Waals surface area contributed by atoms with Crippen LogP contribution in [0.25, 0.3) is 0 Å². The average Bonchev–Trinajstić information content (AvgIpc) is 2.40. The summed E-state index contributed by atoms with van der Waals surface area (Å²) in [5.41, 5.74) is 2.35. The Hall–Kier alpha value is -1.54. The van der Waals surface area contributed by atoms with Crippen LogP contribution in [0, 0.1) is 0 Å². The molecule has 0 aliphatic rings. The smallest absolute Gasteiger partial charge is 0.0591 e. The Morgan fingerprint density at radius 2 is 1.21 bits per heavy atom. The Bertz CT molecular complexity index is 448. The van der Waals surface area contributed by atoms with Crippen LogP contribution >= 0.6 is 0 Å². The highest BCUT2D eigenvalue weighted by molar-refractivity contribution is 6.31. The maximum absolute atomic E-state index is 6.05. The van der Waals surface area contributed by atoms with E-state index in [1.165, 1.54) is 11.1 Å². The molecule has 19 heavy (non-hydrogen) atoms. The fourth-order valence-corrected chi connectivity index (χ4v) is 1.88. The molecular formula is C17H20BO-. The molecule has 0 N–H and O–H groups in total. The molecule has 0 heterocycles. The maximum atomic E-state index is 6.05. The summed E-state index contributed by atoms with van der Waals surface area (Å²) in [6.07, 6.45) is -0.0402. The van der Waals surface area contributed by atoms with Crippen molar-refractivity contribution < 1.29 is 4.65 Å². The van der Waals surface area contributed by atoms with Crippen LogP contribution in [0.5, 0.6) is 0 Å². The van der Waals surface area contributed by atoms with Crippen molar-refractivity contribution in [2.45, 2.75) is 32.2 Å². The molecule has 0 saturated heterocycles. The number of rotatable bonds is 4. The summed E-state index contributed by atoms with van der Waals surface area (Å²) in [6, 6.07) is 20.7. The van der Waals surface area contributed by atoms with Gasteiger partial charge in [0.1, 0.15) is 0 Å². The van der Waals surface area contributed by atoms with Crippen molar-refractivity contribution in [1.82, 2.24) is 0 Å². The fraction of sp³-hybridized carbons (Fsp3) is 0.294. The third-order valence-electron chi connectivity index (χ3n) is 2.76. The lowest BCUT2D eigenvalue weighted by Crippen LogP contribution is -2.17. The lowest BCUT2D eigenvalue weighted by molar-refractivity contribution is 0.250. The zero-order chi connectivity index (χ0) is 13.7. The van der Waals surface area contributed by atoms with E-state index in [1.54, 1.807) is 0 Å². The second-order valence-electron chi connectivity index (χ2n) is 5.82. The molecule has 0 amide bonds. The summed E-state index contributed by atoms with van der Waals surface area (Å²) in [7, 11) is 1.93. The van der Waals surface area contributed by atoms with Crippen LogP contribution in [0.2, 0.25) is 5.31 Å². The zero-order valence-electron chi connectivity index (χ0n) is 11.8. The van der Waals surface area contributed by atoms with Gasteiger partial charge in [0.25, 0.3) is 0 Å². The van der Waals surface area contributed by atoms with Gasteiger partial charge in [0.05, 0.1) is 6.10 Å². The first-order valence-corrected chi connectivity index (χ1v) is 6.66. The fourth-order valence-electron chi connectivity index (χ4n) is 1.88. The van der Waals surface area contributed by atoms with E-state index < -0.39 is 0 Å². The molecule has 0 aliphatic heterocycles. The van der Waals surface area contributed by atoms with Crippen molar-refractivity contribution in [1.29, 1.82) is 0 Å². The van der Waals surface area contributed by atoms with Gasteiger partial charge in [-0.3, -0.25) is 0 Å². The van der Waals surface area contributed by atoms with E-state index in [2.05, 4.69) is 45.0 Å². The molecule has 2 radical (unpaired) electrons. The largest absolute Gasteiger partial charge is 0.652 e. The third kappa shape index (κ3) is 4.25.